The van der Waals surface area contributed by atoms with Gasteiger partial charge in [0.1, 0.15) is 11.3 Å². The number of rotatable bonds is 3. The summed E-state index contributed by atoms with van der Waals surface area (Å²) in [4.78, 5) is 32.8. The Bertz CT molecular complexity index is 1280. The highest BCUT2D eigenvalue weighted by molar-refractivity contribution is 6.45. The molecule has 3 aromatic carbocycles. The maximum atomic E-state index is 13.6. The van der Waals surface area contributed by atoms with Gasteiger partial charge >= 0.3 is 5.97 Å². The first-order valence-corrected chi connectivity index (χ1v) is 10.3. The molecule has 0 aliphatic carbocycles. The van der Waals surface area contributed by atoms with Crippen molar-refractivity contribution in [2.75, 3.05) is 4.90 Å². The molecule has 0 saturated heterocycles. The lowest BCUT2D eigenvalue weighted by molar-refractivity contribution is -0.137. The molecule has 0 spiro atoms. The number of carbonyl (C=O) groups is 2. The summed E-state index contributed by atoms with van der Waals surface area (Å²) in [7, 11) is 0. The molecule has 0 fully saturated rings. The Labute approximate surface area is 188 Å². The zero-order chi connectivity index (χ0) is 21.5. The summed E-state index contributed by atoms with van der Waals surface area (Å²) in [6.45, 7) is 0.165. The first-order chi connectivity index (χ1) is 15.1. The van der Waals surface area contributed by atoms with E-state index < -0.39 is 5.97 Å². The van der Waals surface area contributed by atoms with Crippen molar-refractivity contribution in [3.8, 4) is 0 Å². The van der Waals surface area contributed by atoms with Crippen molar-refractivity contribution in [3.05, 3.63) is 105 Å². The topological polar surface area (TPSA) is 59.0 Å². The van der Waals surface area contributed by atoms with Gasteiger partial charge in [0.15, 0.2) is 0 Å². The number of hydrogen-bond acceptors (Lipinski definition) is 4. The second-order valence-corrected chi connectivity index (χ2v) is 7.86. The summed E-state index contributed by atoms with van der Waals surface area (Å²) in [6.07, 6.45) is 0. The van der Waals surface area contributed by atoms with Gasteiger partial charge < -0.3 is 9.74 Å². The average molecular weight is 449 g/mol. The molecule has 2 aliphatic heterocycles. The van der Waals surface area contributed by atoms with E-state index in [1.807, 2.05) is 48.5 Å². The predicted octanol–water partition coefficient (Wildman–Crippen LogP) is 5.25. The van der Waals surface area contributed by atoms with Crippen molar-refractivity contribution >= 4 is 52.1 Å². The maximum absolute atomic E-state index is 13.6. The van der Waals surface area contributed by atoms with Crippen molar-refractivity contribution in [2.45, 2.75) is 6.54 Å². The van der Waals surface area contributed by atoms with Crippen LogP contribution in [-0.2, 0) is 21.0 Å². The number of oxime groups is 1. The zero-order valence-corrected chi connectivity index (χ0v) is 17.5. The van der Waals surface area contributed by atoms with Crippen LogP contribution in [0.15, 0.2) is 83.5 Å². The second kappa shape index (κ2) is 7.69. The molecule has 7 heteroatoms. The predicted molar refractivity (Wildman–Crippen MR) is 120 cm³/mol. The number of halogens is 2. The Balaban J connectivity index is 1.67. The van der Waals surface area contributed by atoms with E-state index in [1.165, 1.54) is 0 Å². The third kappa shape index (κ3) is 3.23. The molecule has 5 rings (SSSR count). The Hall–Kier alpha value is -3.41. The number of benzene rings is 3. The molecule has 2 heterocycles. The van der Waals surface area contributed by atoms with E-state index in [-0.39, 0.29) is 23.6 Å². The first kappa shape index (κ1) is 19.5. The van der Waals surface area contributed by atoms with Crippen molar-refractivity contribution in [1.29, 1.82) is 0 Å². The van der Waals surface area contributed by atoms with Gasteiger partial charge in [-0.15, -0.1) is 0 Å². The lowest BCUT2D eigenvalue weighted by Gasteiger charge is -2.19. The molecule has 31 heavy (non-hydrogen) atoms. The number of amides is 1. The molecule has 0 unspecified atom stereocenters. The van der Waals surface area contributed by atoms with Crippen LogP contribution in [0.2, 0.25) is 10.0 Å². The van der Waals surface area contributed by atoms with Gasteiger partial charge in [0.05, 0.1) is 17.8 Å². The Kier molecular flexibility index (Phi) is 4.85. The van der Waals surface area contributed by atoms with E-state index in [1.54, 1.807) is 29.2 Å². The van der Waals surface area contributed by atoms with Crippen LogP contribution in [0.4, 0.5) is 5.69 Å². The van der Waals surface area contributed by atoms with Crippen LogP contribution >= 0.6 is 23.2 Å². The van der Waals surface area contributed by atoms with Gasteiger partial charge in [0.2, 0.25) is 0 Å². The number of fused-ring (bicyclic) bond motifs is 1. The fraction of sp³-hybridized carbons (Fsp3) is 0.0417. The molecule has 2 aliphatic rings. The molecule has 0 saturated carbocycles. The molecule has 5 nitrogen and oxygen atoms in total. The quantitative estimate of drug-likeness (QED) is 0.405. The van der Waals surface area contributed by atoms with E-state index in [9.17, 15) is 9.59 Å². The Morgan fingerprint density at radius 3 is 2.23 bits per heavy atom. The van der Waals surface area contributed by atoms with Gasteiger partial charge in [-0.05, 0) is 18.2 Å². The van der Waals surface area contributed by atoms with E-state index in [0.29, 0.717) is 38.1 Å². The molecule has 3 aromatic rings. The van der Waals surface area contributed by atoms with Crippen LogP contribution in [0.3, 0.4) is 0 Å². The van der Waals surface area contributed by atoms with Gasteiger partial charge in [-0.2, -0.15) is 0 Å². The zero-order valence-electron chi connectivity index (χ0n) is 16.0. The summed E-state index contributed by atoms with van der Waals surface area (Å²) >= 11 is 12.7. The summed E-state index contributed by atoms with van der Waals surface area (Å²) in [5, 5.41) is 4.88. The summed E-state index contributed by atoms with van der Waals surface area (Å²) < 4.78 is 0. The second-order valence-electron chi connectivity index (χ2n) is 7.04. The summed E-state index contributed by atoms with van der Waals surface area (Å²) in [5.41, 5.74) is 3.35. The summed E-state index contributed by atoms with van der Waals surface area (Å²) in [6, 6.07) is 21.6. The highest BCUT2D eigenvalue weighted by Gasteiger charge is 2.41. The Morgan fingerprint density at radius 2 is 1.48 bits per heavy atom. The average Bonchev–Trinajstić information content (AvgIpc) is 3.28. The lowest BCUT2D eigenvalue weighted by Crippen LogP contribution is -2.27. The van der Waals surface area contributed by atoms with Gasteiger partial charge in [-0.3, -0.25) is 4.79 Å². The van der Waals surface area contributed by atoms with Crippen LogP contribution in [-0.4, -0.2) is 17.6 Å². The van der Waals surface area contributed by atoms with Crippen molar-refractivity contribution in [3.63, 3.8) is 0 Å². The molecular weight excluding hydrogens is 435 g/mol. The van der Waals surface area contributed by atoms with Crippen LogP contribution in [0.5, 0.6) is 0 Å². The van der Waals surface area contributed by atoms with Gasteiger partial charge in [-0.1, -0.05) is 83.0 Å². The van der Waals surface area contributed by atoms with Crippen LogP contribution in [0.25, 0.3) is 5.57 Å². The monoisotopic (exact) mass is 448 g/mol. The van der Waals surface area contributed by atoms with E-state index in [4.69, 9.17) is 28.0 Å². The number of anilines is 1. The smallest absolute Gasteiger partial charge is 0.312 e. The molecule has 0 atom stereocenters. The van der Waals surface area contributed by atoms with Gasteiger partial charge in [0, 0.05) is 26.7 Å². The minimum atomic E-state index is -0.658. The normalized spacial score (nSPS) is 17.6. The van der Waals surface area contributed by atoms with Gasteiger partial charge in [0.25, 0.3) is 5.91 Å². The highest BCUT2D eigenvalue weighted by atomic mass is 35.5. The Morgan fingerprint density at radius 1 is 0.806 bits per heavy atom. The molecule has 1 amide bonds. The van der Waals surface area contributed by atoms with Crippen LogP contribution < -0.4 is 4.90 Å². The minimum absolute atomic E-state index is 0.149. The van der Waals surface area contributed by atoms with E-state index >= 15 is 0 Å². The van der Waals surface area contributed by atoms with Crippen molar-refractivity contribution in [2.24, 2.45) is 5.16 Å². The number of nitrogens with zero attached hydrogens (tertiary/aromatic N) is 2. The fourth-order valence-corrected chi connectivity index (χ4v) is 4.33. The SMILES string of the molecule is O=C1ON=C(c2ccccc2)/C1=C1\C(=O)N(Cc2c(Cl)cccc2Cl)c2ccccc21. The van der Waals surface area contributed by atoms with E-state index in [0.717, 1.165) is 0 Å². The molecular formula is C24H14Cl2N2O3. The maximum Gasteiger partial charge on any atom is 0.368 e. The molecule has 0 radical (unpaired) electrons. The fourth-order valence-electron chi connectivity index (χ4n) is 3.81. The minimum Gasteiger partial charge on any atom is -0.312 e. The lowest BCUT2D eigenvalue weighted by atomic mass is 9.94. The molecule has 0 aromatic heterocycles. The van der Waals surface area contributed by atoms with Crippen LogP contribution in [0.1, 0.15) is 16.7 Å². The van der Waals surface area contributed by atoms with Crippen LogP contribution in [0, 0.1) is 0 Å². The standard InChI is InChI=1S/C24H14Cl2N2O3/c25-17-10-6-11-18(26)16(17)13-28-19-12-5-4-9-15(19)20(23(28)29)21-22(27-31-24(21)30)14-7-2-1-3-8-14/h1-12H,13H2/b21-20+. The molecule has 0 N–H and O–H groups in total. The molecule has 0 bridgehead atoms. The largest absolute Gasteiger partial charge is 0.368 e. The molecule has 152 valence electrons. The van der Waals surface area contributed by atoms with Crippen molar-refractivity contribution < 1.29 is 14.4 Å². The highest BCUT2D eigenvalue weighted by Crippen LogP contribution is 2.42. The number of hydrogen-bond donors (Lipinski definition) is 0. The number of para-hydroxylation sites is 1. The summed E-state index contributed by atoms with van der Waals surface area (Å²) in [5.74, 6) is -0.996. The third-order valence-electron chi connectivity index (χ3n) is 5.26. The third-order valence-corrected chi connectivity index (χ3v) is 5.97. The number of carbonyl (C=O) groups excluding carboxylic acids is 2. The van der Waals surface area contributed by atoms with E-state index in [2.05, 4.69) is 5.16 Å². The first-order valence-electron chi connectivity index (χ1n) is 9.50. The van der Waals surface area contributed by atoms with Crippen molar-refractivity contribution in [1.82, 2.24) is 0 Å². The van der Waals surface area contributed by atoms with Gasteiger partial charge in [-0.25, -0.2) is 4.79 Å².